The lowest BCUT2D eigenvalue weighted by Gasteiger charge is -2.59. The van der Waals surface area contributed by atoms with E-state index in [-0.39, 0.29) is 28.6 Å². The average molecular weight is 1210 g/mol. The van der Waals surface area contributed by atoms with Gasteiger partial charge in [-0.05, 0) is 141 Å². The molecule has 6 aromatic rings. The van der Waals surface area contributed by atoms with E-state index in [9.17, 15) is 28.4 Å². The molecule has 0 radical (unpaired) electrons. The lowest BCUT2D eigenvalue weighted by molar-refractivity contribution is -0.384. The van der Waals surface area contributed by atoms with E-state index in [0.29, 0.717) is 93.0 Å². The van der Waals surface area contributed by atoms with E-state index in [1.54, 1.807) is 13.2 Å². The van der Waals surface area contributed by atoms with Crippen LogP contribution in [0.5, 0.6) is 11.6 Å². The van der Waals surface area contributed by atoms with Gasteiger partial charge < -0.3 is 49.1 Å². The molecule has 4 atom stereocenters. The number of nitrogens with one attached hydrogen (secondary N) is 3. The number of carbonyl (C=O) groups is 1. The number of aromatic amines is 1. The van der Waals surface area contributed by atoms with Crippen LogP contribution in [0, 0.1) is 21.4 Å². The Balaban J connectivity index is 0.743. The number of nitro groups is 1. The van der Waals surface area contributed by atoms with Crippen LogP contribution in [0.2, 0.25) is 0 Å². The molecule has 462 valence electrons. The van der Waals surface area contributed by atoms with Crippen molar-refractivity contribution in [3.05, 3.63) is 124 Å². The second kappa shape index (κ2) is 24.1. The van der Waals surface area contributed by atoms with Crippen molar-refractivity contribution in [1.82, 2.24) is 29.5 Å². The van der Waals surface area contributed by atoms with E-state index < -0.39 is 43.1 Å². The molecule has 1 spiro atoms. The number of anilines is 5. The number of carbonyl (C=O) groups excluding carboxylic acids is 1. The SMILES string of the molecule is COc1cc(CN2CC[C@H](N3CC4(CCN(c5ccc(C(=O)NS(=O)(=O)c6ccc(NCC7CCC(C)(O)CC7)c([N+](=O)[O-])c6)c(N6c7cc8cc[nH]c8nc7O[C@H]7COCC[C@@H]76)c5)CC4)C3)[C@H](c3ccccc3C(C)C)C2)cnc1N1CCOCC1. The number of nitro benzene ring substituents is 1. The second-order valence-electron chi connectivity index (χ2n) is 25.9. The van der Waals surface area contributed by atoms with Crippen molar-refractivity contribution in [2.24, 2.45) is 11.3 Å². The van der Waals surface area contributed by atoms with Gasteiger partial charge in [0.2, 0.25) is 5.88 Å². The van der Waals surface area contributed by atoms with Crippen LogP contribution in [0.3, 0.4) is 0 Å². The molecule has 22 heteroatoms. The van der Waals surface area contributed by atoms with E-state index in [1.807, 2.05) is 43.6 Å². The summed E-state index contributed by atoms with van der Waals surface area (Å²) in [5, 5.41) is 26.9. The van der Waals surface area contributed by atoms with Crippen LogP contribution in [0.1, 0.15) is 111 Å². The minimum Gasteiger partial charge on any atom is -0.493 e. The van der Waals surface area contributed by atoms with Gasteiger partial charge >= 0.3 is 0 Å². The number of aliphatic hydroxyl groups is 1. The first-order valence-corrected chi connectivity index (χ1v) is 32.6. The van der Waals surface area contributed by atoms with Gasteiger partial charge in [-0.1, -0.05) is 38.1 Å². The van der Waals surface area contributed by atoms with Crippen LogP contribution in [-0.4, -0.2) is 165 Å². The zero-order valence-electron chi connectivity index (χ0n) is 50.3. The van der Waals surface area contributed by atoms with Gasteiger partial charge in [-0.25, -0.2) is 18.1 Å². The third kappa shape index (κ3) is 12.0. The maximum atomic E-state index is 14.9. The number of benzene rings is 3. The molecule has 1 aliphatic carbocycles. The highest BCUT2D eigenvalue weighted by atomic mass is 32.2. The average Bonchev–Trinajstić information content (AvgIpc) is 1.53. The van der Waals surface area contributed by atoms with Crippen molar-refractivity contribution in [2.75, 3.05) is 112 Å². The fourth-order valence-electron chi connectivity index (χ4n) is 14.9. The molecule has 6 aliphatic heterocycles. The van der Waals surface area contributed by atoms with Crippen molar-refractivity contribution in [1.29, 1.82) is 0 Å². The summed E-state index contributed by atoms with van der Waals surface area (Å²) in [5.41, 5.74) is 5.96. The molecule has 1 amide bonds. The molecule has 6 fully saturated rings. The molecule has 87 heavy (non-hydrogen) atoms. The number of hydrogen-bond donors (Lipinski definition) is 4. The van der Waals surface area contributed by atoms with Gasteiger partial charge in [0.25, 0.3) is 21.6 Å². The van der Waals surface area contributed by atoms with E-state index in [1.165, 1.54) is 23.3 Å². The number of H-pyrrole nitrogens is 1. The van der Waals surface area contributed by atoms with Crippen molar-refractivity contribution < 1.29 is 42.2 Å². The fourth-order valence-corrected chi connectivity index (χ4v) is 15.9. The van der Waals surface area contributed by atoms with E-state index >= 15 is 0 Å². The first-order chi connectivity index (χ1) is 42.0. The van der Waals surface area contributed by atoms with Gasteiger partial charge in [0.05, 0.1) is 59.6 Å². The molecule has 7 aliphatic rings. The molecule has 4 N–H and O–H groups in total. The van der Waals surface area contributed by atoms with Crippen LogP contribution in [0.15, 0.2) is 96.2 Å². The largest absolute Gasteiger partial charge is 0.493 e. The number of ether oxygens (including phenoxy) is 4. The number of hydrogen-bond acceptors (Lipinski definition) is 18. The Morgan fingerprint density at radius 3 is 2.46 bits per heavy atom. The first kappa shape index (κ1) is 58.9. The number of fused-ring (bicyclic) bond motifs is 3. The Labute approximate surface area is 508 Å². The van der Waals surface area contributed by atoms with Gasteiger partial charge in [-0.3, -0.25) is 24.7 Å². The quantitative estimate of drug-likeness (QED) is 0.0523. The summed E-state index contributed by atoms with van der Waals surface area (Å²) in [6.45, 7) is 16.9. The van der Waals surface area contributed by atoms with Crippen molar-refractivity contribution in [3.8, 4) is 11.6 Å². The van der Waals surface area contributed by atoms with Crippen LogP contribution < -0.4 is 34.2 Å². The third-order valence-corrected chi connectivity index (χ3v) is 21.1. The molecular weight excluding hydrogens is 1130 g/mol. The number of morpholine rings is 1. The van der Waals surface area contributed by atoms with Crippen LogP contribution in [-0.2, 0) is 26.0 Å². The zero-order chi connectivity index (χ0) is 60.2. The molecule has 13 rings (SSSR count). The molecular formula is C65H81N11O10S. The summed E-state index contributed by atoms with van der Waals surface area (Å²) in [6.07, 6.45) is 9.75. The minimum absolute atomic E-state index is 0.106. The molecule has 1 saturated carbocycles. The number of rotatable bonds is 16. The van der Waals surface area contributed by atoms with Gasteiger partial charge in [-0.2, -0.15) is 4.98 Å². The number of piperidine rings is 2. The van der Waals surface area contributed by atoms with Gasteiger partial charge in [0.15, 0.2) is 11.6 Å². The Kier molecular flexibility index (Phi) is 16.3. The van der Waals surface area contributed by atoms with Crippen molar-refractivity contribution >= 4 is 61.2 Å². The molecule has 3 aromatic carbocycles. The van der Waals surface area contributed by atoms with Crippen molar-refractivity contribution in [3.63, 3.8) is 0 Å². The predicted octanol–water partition coefficient (Wildman–Crippen LogP) is 8.96. The molecule has 9 heterocycles. The lowest BCUT2D eigenvalue weighted by atomic mass is 9.69. The Morgan fingerprint density at radius 2 is 1.69 bits per heavy atom. The summed E-state index contributed by atoms with van der Waals surface area (Å²) in [6, 6.07) is 24.5. The van der Waals surface area contributed by atoms with E-state index in [0.717, 1.165) is 125 Å². The number of pyridine rings is 2. The van der Waals surface area contributed by atoms with Crippen LogP contribution in [0.25, 0.3) is 11.0 Å². The summed E-state index contributed by atoms with van der Waals surface area (Å²) in [7, 11) is -2.92. The van der Waals surface area contributed by atoms with Crippen LogP contribution >= 0.6 is 0 Å². The summed E-state index contributed by atoms with van der Waals surface area (Å²) in [4.78, 5) is 51.4. The Hall–Kier alpha value is -7.08. The first-order valence-electron chi connectivity index (χ1n) is 31.1. The van der Waals surface area contributed by atoms with E-state index in [2.05, 4.69) is 83.7 Å². The number of amides is 1. The molecule has 21 nitrogen and oxygen atoms in total. The zero-order valence-corrected chi connectivity index (χ0v) is 51.1. The highest BCUT2D eigenvalue weighted by Gasteiger charge is 2.50. The topological polar surface area (TPSA) is 233 Å². The van der Waals surface area contributed by atoms with Crippen LogP contribution in [0.4, 0.5) is 34.3 Å². The Bertz CT molecular complexity index is 3620. The highest BCUT2D eigenvalue weighted by molar-refractivity contribution is 7.90. The number of nitrogens with zero attached hydrogens (tertiary/aromatic N) is 8. The maximum Gasteiger partial charge on any atom is 0.293 e. The molecule has 3 aromatic heterocycles. The maximum absolute atomic E-state index is 14.9. The minimum atomic E-state index is -4.65. The second-order valence-corrected chi connectivity index (χ2v) is 27.6. The smallest absolute Gasteiger partial charge is 0.293 e. The molecule has 0 unspecified atom stereocenters. The summed E-state index contributed by atoms with van der Waals surface area (Å²) >= 11 is 0. The fraction of sp³-hybridized carbons (Fsp3) is 0.523. The van der Waals surface area contributed by atoms with E-state index in [4.69, 9.17) is 28.9 Å². The number of aromatic nitrogens is 3. The summed E-state index contributed by atoms with van der Waals surface area (Å²) in [5.74, 6) is 2.05. The number of likely N-dealkylation sites (tertiary alicyclic amines) is 2. The monoisotopic (exact) mass is 1210 g/mol. The molecule has 5 saturated heterocycles. The van der Waals surface area contributed by atoms with Gasteiger partial charge in [0.1, 0.15) is 23.1 Å². The summed E-state index contributed by atoms with van der Waals surface area (Å²) < 4.78 is 55.0. The normalized spacial score (nSPS) is 25.1. The van der Waals surface area contributed by atoms with Gasteiger partial charge in [-0.15, -0.1) is 0 Å². The number of sulfonamides is 1. The third-order valence-electron chi connectivity index (χ3n) is 19.8. The number of methoxy groups -OCH3 is 1. The molecule has 0 bridgehead atoms. The van der Waals surface area contributed by atoms with Gasteiger partial charge in [0, 0.05) is 114 Å². The van der Waals surface area contributed by atoms with Crippen molar-refractivity contribution in [2.45, 2.75) is 119 Å². The Morgan fingerprint density at radius 1 is 0.897 bits per heavy atom. The lowest BCUT2D eigenvalue weighted by Crippen LogP contribution is -2.65. The highest BCUT2D eigenvalue weighted by Crippen LogP contribution is 2.49. The standard InChI is InChI=1S/C65H81N11O10S/c1-42(2)48-7-5-6-8-49(48)51-38-71(37-44-31-58(83-4)61(68-36-44)73-26-29-84-30-27-73)23-16-53(51)74-40-65(41-74)20-24-72(25-21-65)46-9-11-50(55(33-46)75-54-17-28-85-39-59(54)86-63-57(75)32-45-15-22-66-60(45)69-63)62(77)70-87(81,82)47-10-12-52(56(34-47)76(79)80)67-35-43-13-18-64(3,78)19-14-43/h5-12,15,22,31-34,36,42-43,51,53-54,59,67,78H,13-14,16-21,23-30,35,37-41H2,1-4H3,(H,66,69)(H,70,77)/t43?,51-,53-,54-,59-,64?/m0/s1. The predicted molar refractivity (Wildman–Crippen MR) is 333 cm³/mol.